The largest absolute Gasteiger partial charge is 0.318 e. The molecule has 0 radical (unpaired) electrons. The summed E-state index contributed by atoms with van der Waals surface area (Å²) in [4.78, 5) is 9.50. The molecule has 0 bridgehead atoms. The highest BCUT2D eigenvalue weighted by atomic mass is 127. The van der Waals surface area contributed by atoms with Crippen LogP contribution in [-0.2, 0) is 0 Å². The second-order valence-electron chi connectivity index (χ2n) is 1.98. The number of halogens is 3. The molecule has 0 aliphatic carbocycles. The molecule has 6 heteroatoms. The van der Waals surface area contributed by atoms with Gasteiger partial charge in [0.2, 0.25) is 5.82 Å². The number of hydrogen-bond donors (Lipinski definition) is 0. The summed E-state index contributed by atoms with van der Waals surface area (Å²) < 4.78 is 13.0. The van der Waals surface area contributed by atoms with Crippen molar-refractivity contribution in [2.45, 2.75) is 0 Å². The van der Waals surface area contributed by atoms with Crippen LogP contribution in [0.5, 0.6) is 0 Å². The molecule has 12 heavy (non-hydrogen) atoms. The summed E-state index contributed by atoms with van der Waals surface area (Å²) in [5, 5.41) is 10.4. The summed E-state index contributed by atoms with van der Waals surface area (Å²) in [6, 6.07) is 2.26. The Hall–Kier alpha value is -0.430. The fourth-order valence-corrected chi connectivity index (χ4v) is 1.89. The van der Waals surface area contributed by atoms with Crippen LogP contribution in [0, 0.1) is 19.5 Å². The molecule has 0 saturated heterocycles. The Morgan fingerprint density at radius 3 is 2.58 bits per heavy atom. The van der Waals surface area contributed by atoms with Crippen LogP contribution < -0.4 is 0 Å². The van der Waals surface area contributed by atoms with Crippen LogP contribution in [-0.4, -0.2) is 4.92 Å². The summed E-state index contributed by atoms with van der Waals surface area (Å²) in [6.45, 7) is 0. The van der Waals surface area contributed by atoms with E-state index in [9.17, 15) is 14.5 Å². The summed E-state index contributed by atoms with van der Waals surface area (Å²) in [7, 11) is 0. The van der Waals surface area contributed by atoms with Crippen molar-refractivity contribution in [1.29, 1.82) is 0 Å². The number of nitro benzene ring substituents is 1. The van der Waals surface area contributed by atoms with E-state index in [1.54, 1.807) is 22.6 Å². The molecule has 0 amide bonds. The lowest BCUT2D eigenvalue weighted by atomic mass is 10.3. The molecule has 1 rings (SSSR count). The fourth-order valence-electron chi connectivity index (χ4n) is 0.709. The van der Waals surface area contributed by atoms with Gasteiger partial charge in [-0.3, -0.25) is 10.1 Å². The molecule has 0 N–H and O–H groups in total. The topological polar surface area (TPSA) is 43.1 Å². The van der Waals surface area contributed by atoms with Gasteiger partial charge in [0.25, 0.3) is 0 Å². The monoisotopic (exact) mass is 301 g/mol. The highest BCUT2D eigenvalue weighted by molar-refractivity contribution is 14.1. The van der Waals surface area contributed by atoms with Gasteiger partial charge in [-0.2, -0.15) is 4.39 Å². The molecular formula is C6H2ClFINO2. The Kier molecular flexibility index (Phi) is 2.84. The van der Waals surface area contributed by atoms with E-state index < -0.39 is 16.4 Å². The molecule has 0 fully saturated rings. The minimum atomic E-state index is -0.906. The second kappa shape index (κ2) is 3.53. The molecule has 0 unspecified atom stereocenters. The van der Waals surface area contributed by atoms with Gasteiger partial charge in [-0.1, -0.05) is 11.6 Å². The van der Waals surface area contributed by atoms with Gasteiger partial charge >= 0.3 is 5.69 Å². The van der Waals surface area contributed by atoms with Crippen LogP contribution in [0.4, 0.5) is 10.1 Å². The highest BCUT2D eigenvalue weighted by Gasteiger charge is 2.19. The van der Waals surface area contributed by atoms with Crippen molar-refractivity contribution in [3.8, 4) is 0 Å². The summed E-state index contributed by atoms with van der Waals surface area (Å²) >= 11 is 7.12. The van der Waals surface area contributed by atoms with Crippen LogP contribution >= 0.6 is 34.2 Å². The van der Waals surface area contributed by atoms with Gasteiger partial charge in [0.05, 0.1) is 8.49 Å². The standard InChI is InChI=1S/C6H2ClFINO2/c7-3-1-4(8)6(10(11)12)5(9)2-3/h1-2H. The molecule has 1 aromatic carbocycles. The molecule has 3 nitrogen and oxygen atoms in total. The van der Waals surface area contributed by atoms with Crippen LogP contribution in [0.1, 0.15) is 0 Å². The van der Waals surface area contributed by atoms with Crippen molar-refractivity contribution >= 4 is 39.9 Å². The zero-order chi connectivity index (χ0) is 9.30. The van der Waals surface area contributed by atoms with Gasteiger partial charge in [-0.25, -0.2) is 0 Å². The zero-order valence-corrected chi connectivity index (χ0v) is 8.47. The first-order valence-electron chi connectivity index (χ1n) is 2.81. The smallest absolute Gasteiger partial charge is 0.258 e. The van der Waals surface area contributed by atoms with E-state index in [2.05, 4.69) is 0 Å². The highest BCUT2D eigenvalue weighted by Crippen LogP contribution is 2.27. The van der Waals surface area contributed by atoms with E-state index in [1.807, 2.05) is 0 Å². The van der Waals surface area contributed by atoms with E-state index in [0.717, 1.165) is 6.07 Å². The molecular weight excluding hydrogens is 299 g/mol. The predicted molar refractivity (Wildman–Crippen MR) is 50.8 cm³/mol. The number of nitro groups is 1. The van der Waals surface area contributed by atoms with Crippen LogP contribution in [0.15, 0.2) is 12.1 Å². The van der Waals surface area contributed by atoms with E-state index in [1.165, 1.54) is 6.07 Å². The minimum Gasteiger partial charge on any atom is -0.258 e. The Morgan fingerprint density at radius 1 is 1.58 bits per heavy atom. The van der Waals surface area contributed by atoms with Gasteiger partial charge in [-0.15, -0.1) is 0 Å². The lowest BCUT2D eigenvalue weighted by Gasteiger charge is -1.96. The van der Waals surface area contributed by atoms with Crippen molar-refractivity contribution in [3.63, 3.8) is 0 Å². The van der Waals surface area contributed by atoms with E-state index in [4.69, 9.17) is 11.6 Å². The Morgan fingerprint density at radius 2 is 2.17 bits per heavy atom. The van der Waals surface area contributed by atoms with Gasteiger partial charge in [0.15, 0.2) is 0 Å². The maximum Gasteiger partial charge on any atom is 0.318 e. The third-order valence-corrected chi connectivity index (χ3v) is 2.20. The summed E-state index contributed by atoms with van der Waals surface area (Å²) in [6.07, 6.45) is 0. The lowest BCUT2D eigenvalue weighted by molar-refractivity contribution is -0.388. The average Bonchev–Trinajstić information content (AvgIpc) is 1.82. The number of benzene rings is 1. The first kappa shape index (κ1) is 9.66. The zero-order valence-electron chi connectivity index (χ0n) is 5.55. The normalized spacial score (nSPS) is 9.92. The van der Waals surface area contributed by atoms with E-state index >= 15 is 0 Å². The van der Waals surface area contributed by atoms with Crippen molar-refractivity contribution in [3.05, 3.63) is 36.7 Å². The first-order chi connectivity index (χ1) is 5.52. The van der Waals surface area contributed by atoms with Crippen molar-refractivity contribution in [2.24, 2.45) is 0 Å². The first-order valence-corrected chi connectivity index (χ1v) is 4.27. The molecule has 0 spiro atoms. The molecule has 0 saturated carbocycles. The van der Waals surface area contributed by atoms with Gasteiger partial charge in [0, 0.05) is 5.02 Å². The Bertz CT molecular complexity index is 321. The van der Waals surface area contributed by atoms with Crippen LogP contribution in [0.25, 0.3) is 0 Å². The molecule has 0 aliphatic heterocycles. The van der Waals surface area contributed by atoms with Crippen molar-refractivity contribution in [2.75, 3.05) is 0 Å². The van der Waals surface area contributed by atoms with Crippen LogP contribution in [0.3, 0.4) is 0 Å². The summed E-state index contributed by atoms with van der Waals surface area (Å²) in [5.74, 6) is -0.906. The van der Waals surface area contributed by atoms with Gasteiger partial charge < -0.3 is 0 Å². The molecule has 64 valence electrons. The molecule has 0 aliphatic rings. The second-order valence-corrected chi connectivity index (χ2v) is 3.57. The van der Waals surface area contributed by atoms with Gasteiger partial charge in [-0.05, 0) is 34.7 Å². The molecule has 0 atom stereocenters. The fraction of sp³-hybridized carbons (Fsp3) is 0. The van der Waals surface area contributed by atoms with E-state index in [-0.39, 0.29) is 8.59 Å². The maximum absolute atomic E-state index is 12.8. The number of rotatable bonds is 1. The predicted octanol–water partition coefficient (Wildman–Crippen LogP) is 2.99. The van der Waals surface area contributed by atoms with Crippen molar-refractivity contribution in [1.82, 2.24) is 0 Å². The number of nitrogens with zero attached hydrogens (tertiary/aromatic N) is 1. The average molecular weight is 301 g/mol. The molecule has 1 aromatic rings. The van der Waals surface area contributed by atoms with E-state index in [0.29, 0.717) is 0 Å². The SMILES string of the molecule is O=[N+]([O-])c1c(F)cc(Cl)cc1I. The quantitative estimate of drug-likeness (QED) is 0.455. The van der Waals surface area contributed by atoms with Crippen molar-refractivity contribution < 1.29 is 9.31 Å². The van der Waals surface area contributed by atoms with Gasteiger partial charge in [0.1, 0.15) is 0 Å². The third kappa shape index (κ3) is 1.84. The lowest BCUT2D eigenvalue weighted by Crippen LogP contribution is -1.95. The maximum atomic E-state index is 12.8. The molecule has 0 heterocycles. The van der Waals surface area contributed by atoms with Crippen LogP contribution in [0.2, 0.25) is 5.02 Å². The molecule has 0 aromatic heterocycles. The third-order valence-electron chi connectivity index (χ3n) is 1.16. The minimum absolute atomic E-state index is 0.155. The Balaban J connectivity index is 3.38. The number of hydrogen-bond acceptors (Lipinski definition) is 2. The summed E-state index contributed by atoms with van der Waals surface area (Å²) in [5.41, 5.74) is -0.528. The Labute approximate surface area is 85.8 Å².